The fourth-order valence-corrected chi connectivity index (χ4v) is 5.86. The van der Waals surface area contributed by atoms with E-state index in [1.807, 2.05) is 23.1 Å². The fourth-order valence-electron chi connectivity index (χ4n) is 5.57. The van der Waals surface area contributed by atoms with Gasteiger partial charge in [0.1, 0.15) is 11.9 Å². The maximum Gasteiger partial charge on any atom is 0.246 e. The molecule has 6 heteroatoms. The highest BCUT2D eigenvalue weighted by molar-refractivity contribution is 7.81. The molecule has 0 aromatic heterocycles. The Morgan fingerprint density at radius 1 is 1.06 bits per heavy atom. The van der Waals surface area contributed by atoms with Crippen LogP contribution in [0.2, 0.25) is 0 Å². The molecule has 1 N–H and O–H groups in total. The molecule has 0 bridgehead atoms. The third kappa shape index (κ3) is 5.05. The van der Waals surface area contributed by atoms with Crippen LogP contribution in [-0.4, -0.2) is 34.0 Å². The van der Waals surface area contributed by atoms with Gasteiger partial charge < -0.3 is 10.2 Å². The molecular weight excluding hydrogens is 471 g/mol. The Kier molecular flexibility index (Phi) is 7.15. The number of halogens is 1. The van der Waals surface area contributed by atoms with E-state index in [1.165, 1.54) is 17.7 Å². The summed E-state index contributed by atoms with van der Waals surface area (Å²) in [5, 5.41) is 2.36. The molecule has 5 rings (SSSR count). The Morgan fingerprint density at radius 2 is 1.81 bits per heavy atom. The number of amides is 2. The molecule has 2 aliphatic rings. The Bertz CT molecular complexity index is 1250. The van der Waals surface area contributed by atoms with E-state index in [0.29, 0.717) is 12.8 Å². The minimum absolute atomic E-state index is 0.00725. The molecule has 0 spiro atoms. The number of hydrogen-bond donors (Lipinski definition) is 2. The lowest BCUT2D eigenvalue weighted by molar-refractivity contribution is -0.141. The normalized spacial score (nSPS) is 22.2. The van der Waals surface area contributed by atoms with E-state index in [1.54, 1.807) is 12.1 Å². The van der Waals surface area contributed by atoms with Crippen molar-refractivity contribution in [1.82, 2.24) is 10.2 Å². The van der Waals surface area contributed by atoms with Crippen molar-refractivity contribution in [1.29, 1.82) is 0 Å². The van der Waals surface area contributed by atoms with Crippen molar-refractivity contribution in [2.45, 2.75) is 62.4 Å². The number of nitrogens with zero attached hydrogens (tertiary/aromatic N) is 1. The number of piperidine rings is 1. The van der Waals surface area contributed by atoms with Crippen LogP contribution >= 0.6 is 12.6 Å². The van der Waals surface area contributed by atoms with Crippen LogP contribution in [0.4, 0.5) is 4.39 Å². The van der Waals surface area contributed by atoms with Crippen LogP contribution in [0.5, 0.6) is 0 Å². The Morgan fingerprint density at radius 3 is 2.56 bits per heavy atom. The van der Waals surface area contributed by atoms with Crippen molar-refractivity contribution >= 4 is 24.4 Å². The maximum absolute atomic E-state index is 13.8. The zero-order valence-corrected chi connectivity index (χ0v) is 21.3. The zero-order chi connectivity index (χ0) is 25.2. The number of benzene rings is 3. The summed E-state index contributed by atoms with van der Waals surface area (Å²) in [7, 11) is 0. The molecule has 4 atom stereocenters. The molecule has 1 fully saturated rings. The van der Waals surface area contributed by atoms with E-state index in [9.17, 15) is 14.0 Å². The summed E-state index contributed by atoms with van der Waals surface area (Å²) in [6.45, 7) is 2.10. The summed E-state index contributed by atoms with van der Waals surface area (Å²) in [6, 6.07) is 22.3. The summed E-state index contributed by atoms with van der Waals surface area (Å²) in [4.78, 5) is 28.9. The van der Waals surface area contributed by atoms with Crippen molar-refractivity contribution in [3.8, 4) is 11.1 Å². The monoisotopic (exact) mass is 502 g/mol. The zero-order valence-electron chi connectivity index (χ0n) is 20.4. The van der Waals surface area contributed by atoms with Crippen LogP contribution in [0, 0.1) is 5.82 Å². The van der Waals surface area contributed by atoms with Crippen molar-refractivity contribution in [2.75, 3.05) is 0 Å². The van der Waals surface area contributed by atoms with E-state index in [4.69, 9.17) is 0 Å². The lowest BCUT2D eigenvalue weighted by Crippen LogP contribution is -2.54. The molecule has 1 saturated heterocycles. The van der Waals surface area contributed by atoms with Gasteiger partial charge in [-0.15, -0.1) is 0 Å². The van der Waals surface area contributed by atoms with Crippen LogP contribution in [-0.2, 0) is 22.4 Å². The van der Waals surface area contributed by atoms with Crippen LogP contribution in [0.15, 0.2) is 72.8 Å². The van der Waals surface area contributed by atoms with Crippen molar-refractivity contribution in [2.24, 2.45) is 0 Å². The molecule has 2 aliphatic heterocycles. The van der Waals surface area contributed by atoms with E-state index >= 15 is 0 Å². The van der Waals surface area contributed by atoms with Gasteiger partial charge in [0, 0.05) is 12.5 Å². The van der Waals surface area contributed by atoms with Gasteiger partial charge in [-0.3, -0.25) is 9.59 Å². The first kappa shape index (κ1) is 24.6. The van der Waals surface area contributed by atoms with Gasteiger partial charge in [-0.2, -0.15) is 12.6 Å². The first-order valence-corrected chi connectivity index (χ1v) is 13.2. The van der Waals surface area contributed by atoms with Gasteiger partial charge in [0.2, 0.25) is 11.8 Å². The predicted molar refractivity (Wildman–Crippen MR) is 143 cm³/mol. The average molecular weight is 503 g/mol. The molecule has 3 aromatic carbocycles. The minimum atomic E-state index is -0.646. The predicted octanol–water partition coefficient (Wildman–Crippen LogP) is 5.52. The molecule has 0 unspecified atom stereocenters. The van der Waals surface area contributed by atoms with Crippen molar-refractivity contribution in [3.05, 3.63) is 95.3 Å². The first-order valence-electron chi connectivity index (χ1n) is 12.6. The molecule has 0 aliphatic carbocycles. The highest BCUT2D eigenvalue weighted by Crippen LogP contribution is 2.40. The SMILES string of the molecule is C[C@@H]1CCC[C@@H]2c3cc(-c4ccccc4)ccc3C[C@H](NC(=O)[C@@H](S)Cc3ccc(F)cc3)C(=O)N12. The third-order valence-corrected chi connectivity index (χ3v) is 7.88. The summed E-state index contributed by atoms with van der Waals surface area (Å²) in [6.07, 6.45) is 3.75. The van der Waals surface area contributed by atoms with Gasteiger partial charge in [-0.25, -0.2) is 4.39 Å². The van der Waals surface area contributed by atoms with Gasteiger partial charge in [0.25, 0.3) is 0 Å². The van der Waals surface area contributed by atoms with E-state index < -0.39 is 11.3 Å². The molecular formula is C30H31FN2O2S. The first-order chi connectivity index (χ1) is 17.4. The molecule has 4 nitrogen and oxygen atoms in total. The average Bonchev–Trinajstić information content (AvgIpc) is 3.00. The van der Waals surface area contributed by atoms with Gasteiger partial charge in [-0.05, 0) is 78.6 Å². The quantitative estimate of drug-likeness (QED) is 0.452. The van der Waals surface area contributed by atoms with Crippen molar-refractivity contribution in [3.63, 3.8) is 0 Å². The Hall–Kier alpha value is -3.12. The van der Waals surface area contributed by atoms with Crippen LogP contribution < -0.4 is 5.32 Å². The number of carbonyl (C=O) groups is 2. The van der Waals surface area contributed by atoms with Crippen LogP contribution in [0.1, 0.15) is 48.9 Å². The van der Waals surface area contributed by atoms with Gasteiger partial charge in [0.15, 0.2) is 0 Å². The second kappa shape index (κ2) is 10.5. The number of carbonyl (C=O) groups excluding carboxylic acids is 2. The molecule has 3 aromatic rings. The summed E-state index contributed by atoms with van der Waals surface area (Å²) in [5.41, 5.74) is 5.39. The number of hydrogen-bond acceptors (Lipinski definition) is 3. The molecule has 2 heterocycles. The van der Waals surface area contributed by atoms with Gasteiger partial charge in [-0.1, -0.05) is 54.6 Å². The highest BCUT2D eigenvalue weighted by Gasteiger charge is 2.41. The summed E-state index contributed by atoms with van der Waals surface area (Å²) in [5.74, 6) is -0.630. The fraction of sp³-hybridized carbons (Fsp3) is 0.333. The molecule has 2 amide bonds. The number of nitrogens with one attached hydrogen (secondary N) is 1. The Balaban J connectivity index is 1.42. The lowest BCUT2D eigenvalue weighted by Gasteiger charge is -2.41. The largest absolute Gasteiger partial charge is 0.343 e. The van der Waals surface area contributed by atoms with Gasteiger partial charge >= 0.3 is 0 Å². The Labute approximate surface area is 217 Å². The molecule has 36 heavy (non-hydrogen) atoms. The topological polar surface area (TPSA) is 49.4 Å². The number of thiol groups is 1. The molecule has 186 valence electrons. The van der Waals surface area contributed by atoms with E-state index in [2.05, 4.69) is 55.2 Å². The standard InChI is InChI=1S/C30H31FN2O2S/c1-19-6-5-9-27-25-17-22(21-7-3-2-4-8-21)12-13-23(25)18-26(30(35)33(19)27)32-29(34)28(36)16-20-10-14-24(31)15-11-20/h2-4,7-8,10-15,17,19,26-28,36H,5-6,9,16,18H2,1H3,(H,32,34)/t19-,26+,27-,28+/m1/s1. The maximum atomic E-state index is 13.8. The van der Waals surface area contributed by atoms with Crippen LogP contribution in [0.3, 0.4) is 0 Å². The smallest absolute Gasteiger partial charge is 0.246 e. The summed E-state index contributed by atoms with van der Waals surface area (Å²) < 4.78 is 13.2. The second-order valence-electron chi connectivity index (χ2n) is 9.93. The molecule has 0 radical (unpaired) electrons. The van der Waals surface area contributed by atoms with E-state index in [-0.39, 0.29) is 29.7 Å². The van der Waals surface area contributed by atoms with Crippen LogP contribution in [0.25, 0.3) is 11.1 Å². The number of rotatable bonds is 5. The highest BCUT2D eigenvalue weighted by atomic mass is 32.1. The van der Waals surface area contributed by atoms with Gasteiger partial charge in [0.05, 0.1) is 11.3 Å². The van der Waals surface area contributed by atoms with Crippen molar-refractivity contribution < 1.29 is 14.0 Å². The lowest BCUT2D eigenvalue weighted by atomic mass is 9.88. The summed E-state index contributed by atoms with van der Waals surface area (Å²) >= 11 is 4.51. The second-order valence-corrected chi connectivity index (χ2v) is 10.6. The third-order valence-electron chi connectivity index (χ3n) is 7.46. The van der Waals surface area contributed by atoms with E-state index in [0.717, 1.165) is 41.5 Å². The molecule has 0 saturated carbocycles. The minimum Gasteiger partial charge on any atom is -0.343 e. The number of fused-ring (bicyclic) bond motifs is 3.